The Hall–Kier alpha value is -7.94. The molecule has 0 unspecified atom stereocenters. The van der Waals surface area contributed by atoms with Crippen LogP contribution in [0.2, 0.25) is 0 Å². The van der Waals surface area contributed by atoms with Crippen molar-refractivity contribution in [3.8, 4) is 55.6 Å². The second-order valence-electron chi connectivity index (χ2n) is 17.3. The Bertz CT molecular complexity index is 3520. The number of benzene rings is 10. The fourth-order valence-corrected chi connectivity index (χ4v) is 9.93. The Balaban J connectivity index is 0.966. The Kier molecular flexibility index (Phi) is 8.55. The van der Waals surface area contributed by atoms with Crippen LogP contribution in [-0.4, -0.2) is 0 Å². The van der Waals surface area contributed by atoms with Crippen molar-refractivity contribution in [2.75, 3.05) is 4.90 Å². The summed E-state index contributed by atoms with van der Waals surface area (Å²) in [5, 5.41) is 4.79. The molecule has 298 valence electrons. The van der Waals surface area contributed by atoms with Crippen LogP contribution < -0.4 is 4.90 Å². The standard InChI is InChI=1S/C61H43NO/c1-61(2)56-38-48(46-25-22-41-14-6-7-15-45(41)36-46)28-33-52(56)53-34-32-50(39-57(53)61)62(58-18-10-8-16-51(58)44-23-20-42(21-24-44)40-12-4-3-5-13-40)49-30-26-43(27-31-49)47-29-35-60-55(37-47)54-17-9-11-19-59(54)63-60/h3-39H,1-2H3. The summed E-state index contributed by atoms with van der Waals surface area (Å²) in [5.41, 5.74) is 19.8. The van der Waals surface area contributed by atoms with Gasteiger partial charge in [-0.15, -0.1) is 0 Å². The number of hydrogen-bond donors (Lipinski definition) is 0. The average Bonchev–Trinajstić information content (AvgIpc) is 3.83. The van der Waals surface area contributed by atoms with Crippen LogP contribution in [0.15, 0.2) is 229 Å². The zero-order valence-corrected chi connectivity index (χ0v) is 35.2. The molecule has 63 heavy (non-hydrogen) atoms. The first-order valence-corrected chi connectivity index (χ1v) is 21.8. The van der Waals surface area contributed by atoms with Crippen LogP contribution in [0.3, 0.4) is 0 Å². The van der Waals surface area contributed by atoms with Gasteiger partial charge in [0, 0.05) is 33.1 Å². The number of anilines is 3. The molecule has 0 atom stereocenters. The average molecular weight is 806 g/mol. The molecular weight excluding hydrogens is 763 g/mol. The number of nitrogens with zero attached hydrogens (tertiary/aromatic N) is 1. The molecule has 0 bridgehead atoms. The predicted molar refractivity (Wildman–Crippen MR) is 265 cm³/mol. The van der Waals surface area contributed by atoms with Gasteiger partial charge in [-0.3, -0.25) is 0 Å². The van der Waals surface area contributed by atoms with Crippen molar-refractivity contribution in [1.82, 2.24) is 0 Å². The van der Waals surface area contributed by atoms with Crippen molar-refractivity contribution in [1.29, 1.82) is 0 Å². The Morgan fingerprint density at radius 1 is 0.333 bits per heavy atom. The number of fused-ring (bicyclic) bond motifs is 7. The van der Waals surface area contributed by atoms with E-state index in [1.165, 1.54) is 66.4 Å². The minimum atomic E-state index is -0.217. The highest BCUT2D eigenvalue weighted by atomic mass is 16.3. The molecule has 0 spiro atoms. The maximum absolute atomic E-state index is 6.17. The van der Waals surface area contributed by atoms with E-state index in [1.807, 2.05) is 12.1 Å². The molecule has 10 aromatic carbocycles. The van der Waals surface area contributed by atoms with Gasteiger partial charge in [-0.25, -0.2) is 0 Å². The molecule has 2 heteroatoms. The topological polar surface area (TPSA) is 16.4 Å². The number of para-hydroxylation sites is 2. The molecule has 2 nitrogen and oxygen atoms in total. The van der Waals surface area contributed by atoms with Crippen LogP contribution >= 0.6 is 0 Å². The highest BCUT2D eigenvalue weighted by molar-refractivity contribution is 6.06. The van der Waals surface area contributed by atoms with Crippen molar-refractivity contribution in [2.45, 2.75) is 19.3 Å². The van der Waals surface area contributed by atoms with E-state index in [9.17, 15) is 0 Å². The van der Waals surface area contributed by atoms with Crippen molar-refractivity contribution >= 4 is 49.8 Å². The first kappa shape index (κ1) is 36.9. The quantitative estimate of drug-likeness (QED) is 0.160. The van der Waals surface area contributed by atoms with Crippen molar-refractivity contribution in [3.05, 3.63) is 236 Å². The van der Waals surface area contributed by atoms with E-state index in [0.717, 1.165) is 50.1 Å². The van der Waals surface area contributed by atoms with Gasteiger partial charge < -0.3 is 9.32 Å². The van der Waals surface area contributed by atoms with E-state index in [2.05, 4.69) is 231 Å². The molecule has 1 aliphatic rings. The zero-order valence-electron chi connectivity index (χ0n) is 35.2. The second kappa shape index (κ2) is 14.6. The number of hydrogen-bond acceptors (Lipinski definition) is 2. The van der Waals surface area contributed by atoms with Gasteiger partial charge in [-0.1, -0.05) is 178 Å². The summed E-state index contributed by atoms with van der Waals surface area (Å²) in [5.74, 6) is 0. The van der Waals surface area contributed by atoms with E-state index >= 15 is 0 Å². The van der Waals surface area contributed by atoms with Gasteiger partial charge in [0.1, 0.15) is 11.2 Å². The van der Waals surface area contributed by atoms with Gasteiger partial charge in [-0.05, 0) is 133 Å². The van der Waals surface area contributed by atoms with E-state index in [0.29, 0.717) is 0 Å². The summed E-state index contributed by atoms with van der Waals surface area (Å²) in [6, 6.07) is 81.8. The molecule has 0 N–H and O–H groups in total. The lowest BCUT2D eigenvalue weighted by molar-refractivity contribution is 0.660. The predicted octanol–water partition coefficient (Wildman–Crippen LogP) is 17.2. The van der Waals surface area contributed by atoms with Gasteiger partial charge in [0.05, 0.1) is 5.69 Å². The lowest BCUT2D eigenvalue weighted by Crippen LogP contribution is -2.17. The maximum atomic E-state index is 6.17. The molecule has 1 heterocycles. The molecule has 12 rings (SSSR count). The summed E-state index contributed by atoms with van der Waals surface area (Å²) in [6.07, 6.45) is 0. The van der Waals surface area contributed by atoms with Gasteiger partial charge >= 0.3 is 0 Å². The second-order valence-corrected chi connectivity index (χ2v) is 17.3. The van der Waals surface area contributed by atoms with Gasteiger partial charge in [0.15, 0.2) is 0 Å². The Labute approximate surface area is 368 Å². The molecule has 0 fully saturated rings. The fourth-order valence-electron chi connectivity index (χ4n) is 9.93. The van der Waals surface area contributed by atoms with Crippen LogP contribution in [0.25, 0.3) is 88.3 Å². The molecular formula is C61H43NO. The van der Waals surface area contributed by atoms with Crippen molar-refractivity contribution < 1.29 is 4.42 Å². The van der Waals surface area contributed by atoms with E-state index in [1.54, 1.807) is 0 Å². The van der Waals surface area contributed by atoms with Crippen molar-refractivity contribution in [2.24, 2.45) is 0 Å². The van der Waals surface area contributed by atoms with Crippen LogP contribution in [-0.2, 0) is 5.41 Å². The lowest BCUT2D eigenvalue weighted by atomic mass is 9.81. The number of furan rings is 1. The van der Waals surface area contributed by atoms with E-state index in [4.69, 9.17) is 4.42 Å². The molecule has 1 aromatic heterocycles. The van der Waals surface area contributed by atoms with Crippen LogP contribution in [0.5, 0.6) is 0 Å². The Morgan fingerprint density at radius 3 is 1.71 bits per heavy atom. The first-order valence-electron chi connectivity index (χ1n) is 21.8. The summed E-state index contributed by atoms with van der Waals surface area (Å²) in [4.78, 5) is 2.44. The third-order valence-corrected chi connectivity index (χ3v) is 13.3. The lowest BCUT2D eigenvalue weighted by Gasteiger charge is -2.30. The molecule has 1 aliphatic carbocycles. The summed E-state index contributed by atoms with van der Waals surface area (Å²) < 4.78 is 6.17. The zero-order chi connectivity index (χ0) is 42.1. The third kappa shape index (κ3) is 6.25. The fraction of sp³-hybridized carbons (Fsp3) is 0.0492. The molecule has 11 aromatic rings. The molecule has 0 saturated carbocycles. The van der Waals surface area contributed by atoms with Gasteiger partial charge in [0.25, 0.3) is 0 Å². The van der Waals surface area contributed by atoms with E-state index in [-0.39, 0.29) is 5.41 Å². The normalized spacial score (nSPS) is 12.7. The maximum Gasteiger partial charge on any atom is 0.135 e. The molecule has 0 amide bonds. The smallest absolute Gasteiger partial charge is 0.135 e. The summed E-state index contributed by atoms with van der Waals surface area (Å²) >= 11 is 0. The minimum Gasteiger partial charge on any atom is -0.456 e. The van der Waals surface area contributed by atoms with Crippen molar-refractivity contribution in [3.63, 3.8) is 0 Å². The first-order chi connectivity index (χ1) is 31.0. The molecule has 0 aliphatic heterocycles. The SMILES string of the molecule is CC1(C)c2cc(-c3ccc4ccccc4c3)ccc2-c2ccc(N(c3ccc(-c4ccc5oc6ccccc6c5c4)cc3)c3ccccc3-c3ccc(-c4ccccc4)cc3)cc21. The van der Waals surface area contributed by atoms with Crippen LogP contribution in [0.4, 0.5) is 17.1 Å². The highest BCUT2D eigenvalue weighted by Crippen LogP contribution is 2.52. The van der Waals surface area contributed by atoms with Crippen LogP contribution in [0.1, 0.15) is 25.0 Å². The summed E-state index contributed by atoms with van der Waals surface area (Å²) in [7, 11) is 0. The highest BCUT2D eigenvalue weighted by Gasteiger charge is 2.36. The van der Waals surface area contributed by atoms with E-state index < -0.39 is 0 Å². The monoisotopic (exact) mass is 805 g/mol. The molecule has 0 radical (unpaired) electrons. The Morgan fingerprint density at radius 2 is 0.873 bits per heavy atom. The van der Waals surface area contributed by atoms with Gasteiger partial charge in [-0.2, -0.15) is 0 Å². The van der Waals surface area contributed by atoms with Gasteiger partial charge in [0.2, 0.25) is 0 Å². The summed E-state index contributed by atoms with van der Waals surface area (Å²) in [6.45, 7) is 4.76. The van der Waals surface area contributed by atoms with Crippen LogP contribution in [0, 0.1) is 0 Å². The largest absolute Gasteiger partial charge is 0.456 e. The number of rotatable bonds is 7. The third-order valence-electron chi connectivity index (χ3n) is 13.3. The molecule has 0 saturated heterocycles. The minimum absolute atomic E-state index is 0.217.